The van der Waals surface area contributed by atoms with Crippen LogP contribution in [0.3, 0.4) is 0 Å². The van der Waals surface area contributed by atoms with E-state index in [0.29, 0.717) is 5.41 Å². The summed E-state index contributed by atoms with van der Waals surface area (Å²) in [5, 5.41) is 3.45. The summed E-state index contributed by atoms with van der Waals surface area (Å²) in [5.41, 5.74) is 7.40. The van der Waals surface area contributed by atoms with E-state index in [4.69, 9.17) is 5.73 Å². The molecule has 0 aromatic carbocycles. The van der Waals surface area contributed by atoms with Crippen molar-refractivity contribution in [2.24, 2.45) is 11.1 Å². The van der Waals surface area contributed by atoms with Gasteiger partial charge in [-0.25, -0.2) is 4.98 Å². The van der Waals surface area contributed by atoms with Crippen LogP contribution in [0.25, 0.3) is 0 Å². The van der Waals surface area contributed by atoms with Crippen LogP contribution in [-0.4, -0.2) is 11.5 Å². The van der Waals surface area contributed by atoms with Gasteiger partial charge in [0.25, 0.3) is 0 Å². The van der Waals surface area contributed by atoms with Gasteiger partial charge in [0, 0.05) is 11.8 Å². The molecule has 72 valence electrons. The van der Waals surface area contributed by atoms with Gasteiger partial charge in [0.2, 0.25) is 0 Å². The first kappa shape index (κ1) is 9.16. The van der Waals surface area contributed by atoms with Gasteiger partial charge in [-0.1, -0.05) is 6.92 Å². The molecule has 3 heteroatoms. The topological polar surface area (TPSA) is 38.9 Å². The lowest BCUT2D eigenvalue weighted by atomic mass is 10.0. The predicted molar refractivity (Wildman–Crippen MR) is 55.9 cm³/mol. The molecule has 0 aliphatic heterocycles. The second-order valence-electron chi connectivity index (χ2n) is 3.97. The van der Waals surface area contributed by atoms with E-state index in [1.165, 1.54) is 23.5 Å². The number of hydrogen-bond acceptors (Lipinski definition) is 3. The van der Waals surface area contributed by atoms with E-state index in [2.05, 4.69) is 17.3 Å². The van der Waals surface area contributed by atoms with Crippen LogP contribution < -0.4 is 5.73 Å². The van der Waals surface area contributed by atoms with Gasteiger partial charge in [0.05, 0.1) is 10.7 Å². The Morgan fingerprint density at radius 1 is 1.62 bits per heavy atom. The number of aromatic nitrogens is 1. The van der Waals surface area contributed by atoms with E-state index < -0.39 is 0 Å². The number of nitrogens with two attached hydrogens (primary N) is 1. The van der Waals surface area contributed by atoms with E-state index in [0.717, 1.165) is 19.4 Å². The average molecular weight is 196 g/mol. The lowest BCUT2D eigenvalue weighted by Crippen LogP contribution is -2.17. The molecule has 0 bridgehead atoms. The highest BCUT2D eigenvalue weighted by Gasteiger charge is 2.41. The Hall–Kier alpha value is -0.410. The zero-order chi connectivity index (χ0) is 9.31. The van der Waals surface area contributed by atoms with Crippen molar-refractivity contribution in [1.29, 1.82) is 0 Å². The van der Waals surface area contributed by atoms with E-state index >= 15 is 0 Å². The van der Waals surface area contributed by atoms with Gasteiger partial charge >= 0.3 is 0 Å². The lowest BCUT2D eigenvalue weighted by molar-refractivity contribution is 0.519. The maximum Gasteiger partial charge on any atom is 0.0934 e. The molecule has 0 atom stereocenters. The molecular formula is C10H16N2S. The van der Waals surface area contributed by atoms with Gasteiger partial charge in [-0.2, -0.15) is 0 Å². The summed E-state index contributed by atoms with van der Waals surface area (Å²) < 4.78 is 0. The van der Waals surface area contributed by atoms with Crippen LogP contribution in [0.2, 0.25) is 0 Å². The zero-order valence-electron chi connectivity index (χ0n) is 8.05. The van der Waals surface area contributed by atoms with E-state index in [1.54, 1.807) is 11.3 Å². The number of hydrogen-bond donors (Lipinski definition) is 1. The van der Waals surface area contributed by atoms with Gasteiger partial charge in [-0.05, 0) is 31.2 Å². The van der Waals surface area contributed by atoms with Crippen molar-refractivity contribution in [3.05, 3.63) is 16.1 Å². The Bertz CT molecular complexity index is 289. The molecule has 1 fully saturated rings. The number of thiazole rings is 1. The van der Waals surface area contributed by atoms with Gasteiger partial charge < -0.3 is 5.73 Å². The first-order valence-electron chi connectivity index (χ1n) is 4.91. The van der Waals surface area contributed by atoms with Gasteiger partial charge in [0.1, 0.15) is 0 Å². The average Bonchev–Trinajstić information content (AvgIpc) is 2.77. The minimum atomic E-state index is 0.433. The summed E-state index contributed by atoms with van der Waals surface area (Å²) in [5.74, 6) is 0. The fraction of sp³-hybridized carbons (Fsp3) is 0.700. The third kappa shape index (κ3) is 1.92. The Labute approximate surface area is 83.2 Å². The molecule has 1 saturated carbocycles. The second-order valence-corrected chi connectivity index (χ2v) is 4.91. The Morgan fingerprint density at radius 2 is 2.38 bits per heavy atom. The van der Waals surface area contributed by atoms with Gasteiger partial charge in [-0.3, -0.25) is 0 Å². The number of rotatable bonds is 4. The van der Waals surface area contributed by atoms with E-state index in [9.17, 15) is 0 Å². The van der Waals surface area contributed by atoms with Crippen molar-refractivity contribution in [1.82, 2.24) is 4.98 Å². The summed E-state index contributed by atoms with van der Waals surface area (Å²) in [6, 6.07) is 0. The molecule has 2 nitrogen and oxygen atoms in total. The van der Waals surface area contributed by atoms with Crippen LogP contribution in [0.1, 0.15) is 30.5 Å². The minimum absolute atomic E-state index is 0.433. The third-order valence-corrected chi connectivity index (χ3v) is 3.78. The number of nitrogens with zero attached hydrogens (tertiary/aromatic N) is 1. The Balaban J connectivity index is 2.01. The maximum atomic E-state index is 5.73. The van der Waals surface area contributed by atoms with Crippen LogP contribution in [0.5, 0.6) is 0 Å². The molecule has 1 heterocycles. The maximum absolute atomic E-state index is 5.73. The summed E-state index contributed by atoms with van der Waals surface area (Å²) in [4.78, 5) is 4.56. The SMILES string of the molecule is CCc1csc(CC2(CN)CC2)n1. The van der Waals surface area contributed by atoms with Crippen molar-refractivity contribution in [2.75, 3.05) is 6.54 Å². The van der Waals surface area contributed by atoms with Crippen molar-refractivity contribution >= 4 is 11.3 Å². The first-order valence-corrected chi connectivity index (χ1v) is 5.79. The van der Waals surface area contributed by atoms with Crippen molar-refractivity contribution in [3.63, 3.8) is 0 Å². The molecule has 0 spiro atoms. The molecular weight excluding hydrogens is 180 g/mol. The first-order chi connectivity index (χ1) is 6.28. The summed E-state index contributed by atoms with van der Waals surface area (Å²) in [6.07, 6.45) is 4.75. The Kier molecular flexibility index (Phi) is 2.39. The summed E-state index contributed by atoms with van der Waals surface area (Å²) in [7, 11) is 0. The molecule has 1 aromatic rings. The third-order valence-electron chi connectivity index (χ3n) is 2.88. The van der Waals surface area contributed by atoms with Gasteiger partial charge in [-0.15, -0.1) is 11.3 Å². The monoisotopic (exact) mass is 196 g/mol. The molecule has 2 rings (SSSR count). The molecule has 0 amide bonds. The fourth-order valence-corrected chi connectivity index (χ4v) is 2.59. The number of aryl methyl sites for hydroxylation is 1. The molecule has 0 saturated heterocycles. The normalized spacial score (nSPS) is 18.9. The van der Waals surface area contributed by atoms with Crippen LogP contribution >= 0.6 is 11.3 Å². The van der Waals surface area contributed by atoms with Crippen molar-refractivity contribution in [2.45, 2.75) is 32.6 Å². The Morgan fingerprint density at radius 3 is 2.85 bits per heavy atom. The smallest absolute Gasteiger partial charge is 0.0934 e. The largest absolute Gasteiger partial charge is 0.330 e. The van der Waals surface area contributed by atoms with Crippen LogP contribution in [0.4, 0.5) is 0 Å². The molecule has 2 N–H and O–H groups in total. The lowest BCUT2D eigenvalue weighted by Gasteiger charge is -2.08. The minimum Gasteiger partial charge on any atom is -0.330 e. The fourth-order valence-electron chi connectivity index (χ4n) is 1.54. The second kappa shape index (κ2) is 3.39. The van der Waals surface area contributed by atoms with E-state index in [1.807, 2.05) is 0 Å². The summed E-state index contributed by atoms with van der Waals surface area (Å²) in [6.45, 7) is 2.97. The van der Waals surface area contributed by atoms with Crippen molar-refractivity contribution in [3.8, 4) is 0 Å². The zero-order valence-corrected chi connectivity index (χ0v) is 8.86. The standard InChI is InChI=1S/C10H16N2S/c1-2-8-6-13-9(12-8)5-10(7-11)3-4-10/h6H,2-5,7,11H2,1H3. The predicted octanol–water partition coefficient (Wildman–Crippen LogP) is 1.99. The van der Waals surface area contributed by atoms with Crippen LogP contribution in [0, 0.1) is 5.41 Å². The molecule has 0 radical (unpaired) electrons. The molecule has 1 aromatic heterocycles. The highest BCUT2D eigenvalue weighted by Crippen LogP contribution is 2.47. The van der Waals surface area contributed by atoms with E-state index in [-0.39, 0.29) is 0 Å². The summed E-state index contributed by atoms with van der Waals surface area (Å²) >= 11 is 1.79. The van der Waals surface area contributed by atoms with Crippen LogP contribution in [0.15, 0.2) is 5.38 Å². The van der Waals surface area contributed by atoms with Crippen LogP contribution in [-0.2, 0) is 12.8 Å². The molecule has 1 aliphatic rings. The highest BCUT2D eigenvalue weighted by atomic mass is 32.1. The molecule has 1 aliphatic carbocycles. The van der Waals surface area contributed by atoms with Gasteiger partial charge in [0.15, 0.2) is 0 Å². The quantitative estimate of drug-likeness (QED) is 0.800. The van der Waals surface area contributed by atoms with Crippen molar-refractivity contribution < 1.29 is 0 Å². The highest BCUT2D eigenvalue weighted by molar-refractivity contribution is 7.09. The molecule has 0 unspecified atom stereocenters. The molecule has 13 heavy (non-hydrogen) atoms.